The van der Waals surface area contributed by atoms with Gasteiger partial charge in [0.2, 0.25) is 0 Å². The minimum absolute atomic E-state index is 0.954. The highest BCUT2D eigenvalue weighted by Crippen LogP contribution is 2.16. The lowest BCUT2D eigenvalue weighted by atomic mass is 10.1. The van der Waals surface area contributed by atoms with E-state index in [2.05, 4.69) is 54.4 Å². The Balaban J connectivity index is 1.81. The second-order valence-corrected chi connectivity index (χ2v) is 5.37. The zero-order valence-corrected chi connectivity index (χ0v) is 12.5. The number of nitrogens with zero attached hydrogens (tertiary/aromatic N) is 1. The van der Waals surface area contributed by atoms with Gasteiger partial charge in [-0.05, 0) is 17.2 Å². The highest BCUT2D eigenvalue weighted by Gasteiger charge is 1.96. The summed E-state index contributed by atoms with van der Waals surface area (Å²) in [6.45, 7) is 3.21. The number of benzene rings is 2. The summed E-state index contributed by atoms with van der Waals surface area (Å²) in [7, 11) is 0. The lowest BCUT2D eigenvalue weighted by Gasteiger charge is -2.01. The van der Waals surface area contributed by atoms with Crippen molar-refractivity contribution >= 4 is 17.0 Å². The van der Waals surface area contributed by atoms with Gasteiger partial charge in [-0.25, -0.2) is 0 Å². The second kappa shape index (κ2) is 8.52. The molecule has 0 heterocycles. The Morgan fingerprint density at radius 1 is 0.850 bits per heavy atom. The average Bonchev–Trinajstić information content (AvgIpc) is 2.50. The van der Waals surface area contributed by atoms with E-state index in [-0.39, 0.29) is 0 Å². The van der Waals surface area contributed by atoms with Crippen molar-refractivity contribution in [3.8, 4) is 0 Å². The number of rotatable bonds is 8. The summed E-state index contributed by atoms with van der Waals surface area (Å²) in [6, 6.07) is 14.9. The molecule has 106 valence electrons. The zero-order chi connectivity index (χ0) is 14.0. The summed E-state index contributed by atoms with van der Waals surface area (Å²) in [5.41, 5.74) is 1.23. The van der Waals surface area contributed by atoms with E-state index in [4.69, 9.17) is 0 Å². The van der Waals surface area contributed by atoms with E-state index in [1.807, 2.05) is 6.21 Å². The van der Waals surface area contributed by atoms with Crippen LogP contribution in [0, 0.1) is 0 Å². The minimum atomic E-state index is 0.954. The van der Waals surface area contributed by atoms with Crippen LogP contribution in [0.4, 0.5) is 0 Å². The number of hydrogen-bond donors (Lipinski definition) is 0. The fourth-order valence-electron chi connectivity index (χ4n) is 2.51. The van der Waals surface area contributed by atoms with E-state index in [1.54, 1.807) is 0 Å². The molecule has 0 saturated heterocycles. The summed E-state index contributed by atoms with van der Waals surface area (Å²) < 4.78 is 0. The molecule has 2 rings (SSSR count). The fraction of sp³-hybridized carbons (Fsp3) is 0.421. The van der Waals surface area contributed by atoms with Crippen molar-refractivity contribution in [2.45, 2.75) is 45.4 Å². The molecule has 0 atom stereocenters. The van der Waals surface area contributed by atoms with Gasteiger partial charge in [-0.1, -0.05) is 81.5 Å². The van der Waals surface area contributed by atoms with Gasteiger partial charge in [0.25, 0.3) is 0 Å². The van der Waals surface area contributed by atoms with Crippen molar-refractivity contribution in [1.82, 2.24) is 0 Å². The van der Waals surface area contributed by atoms with Crippen molar-refractivity contribution in [1.29, 1.82) is 0 Å². The first-order valence-corrected chi connectivity index (χ1v) is 7.89. The summed E-state index contributed by atoms with van der Waals surface area (Å²) in [5.74, 6) is 0. The molecule has 0 spiro atoms. The molecule has 0 saturated carbocycles. The van der Waals surface area contributed by atoms with Crippen LogP contribution in [-0.4, -0.2) is 12.8 Å². The smallest absolute Gasteiger partial charge is 0.0389 e. The average molecular weight is 267 g/mol. The molecule has 1 nitrogen and oxygen atoms in total. The van der Waals surface area contributed by atoms with Gasteiger partial charge in [-0.3, -0.25) is 4.99 Å². The lowest BCUT2D eigenvalue weighted by molar-refractivity contribution is 0.612. The van der Waals surface area contributed by atoms with Crippen LogP contribution in [0.1, 0.15) is 51.0 Å². The SMILES string of the molecule is CCCCCCCCN=Cc1cccc2ccccc12. The lowest BCUT2D eigenvalue weighted by Crippen LogP contribution is -1.87. The molecule has 0 aliphatic rings. The standard InChI is InChI=1S/C19H25N/c1-2-3-4-5-6-9-15-20-16-18-13-10-12-17-11-7-8-14-19(17)18/h7-8,10-14,16H,2-6,9,15H2,1H3. The van der Waals surface area contributed by atoms with Gasteiger partial charge in [-0.2, -0.15) is 0 Å². The van der Waals surface area contributed by atoms with Crippen LogP contribution in [0.25, 0.3) is 10.8 Å². The van der Waals surface area contributed by atoms with E-state index < -0.39 is 0 Å². The maximum Gasteiger partial charge on any atom is 0.0389 e. The largest absolute Gasteiger partial charge is 0.293 e. The van der Waals surface area contributed by atoms with Gasteiger partial charge >= 0.3 is 0 Å². The number of aliphatic imine (C=N–C) groups is 1. The van der Waals surface area contributed by atoms with E-state index in [1.165, 1.54) is 54.9 Å². The Kier molecular flexibility index (Phi) is 6.30. The Morgan fingerprint density at radius 2 is 1.60 bits per heavy atom. The van der Waals surface area contributed by atoms with E-state index >= 15 is 0 Å². The van der Waals surface area contributed by atoms with Crippen molar-refractivity contribution in [3.63, 3.8) is 0 Å². The molecule has 2 aromatic carbocycles. The van der Waals surface area contributed by atoms with Crippen LogP contribution < -0.4 is 0 Å². The molecule has 0 aliphatic heterocycles. The van der Waals surface area contributed by atoms with Crippen molar-refractivity contribution in [2.24, 2.45) is 4.99 Å². The van der Waals surface area contributed by atoms with Gasteiger partial charge in [-0.15, -0.1) is 0 Å². The topological polar surface area (TPSA) is 12.4 Å². The van der Waals surface area contributed by atoms with Gasteiger partial charge in [0.15, 0.2) is 0 Å². The van der Waals surface area contributed by atoms with Gasteiger partial charge in [0, 0.05) is 18.3 Å². The van der Waals surface area contributed by atoms with Gasteiger partial charge in [0.05, 0.1) is 0 Å². The molecule has 20 heavy (non-hydrogen) atoms. The number of unbranched alkanes of at least 4 members (excludes halogenated alkanes) is 5. The summed E-state index contributed by atoms with van der Waals surface area (Å²) in [5, 5.41) is 2.58. The van der Waals surface area contributed by atoms with E-state index in [9.17, 15) is 0 Å². The van der Waals surface area contributed by atoms with E-state index in [0.717, 1.165) is 6.54 Å². The Morgan fingerprint density at radius 3 is 2.50 bits per heavy atom. The highest BCUT2D eigenvalue weighted by molar-refractivity contribution is 5.99. The monoisotopic (exact) mass is 267 g/mol. The second-order valence-electron chi connectivity index (χ2n) is 5.37. The van der Waals surface area contributed by atoms with Crippen LogP contribution in [0.15, 0.2) is 47.5 Å². The quantitative estimate of drug-likeness (QED) is 0.435. The van der Waals surface area contributed by atoms with Crippen LogP contribution in [0.2, 0.25) is 0 Å². The first-order chi connectivity index (χ1) is 9.92. The molecule has 2 aromatic rings. The number of hydrogen-bond acceptors (Lipinski definition) is 1. The fourth-order valence-corrected chi connectivity index (χ4v) is 2.51. The maximum atomic E-state index is 4.58. The molecule has 0 radical (unpaired) electrons. The van der Waals surface area contributed by atoms with Gasteiger partial charge in [0.1, 0.15) is 0 Å². The first kappa shape index (κ1) is 14.8. The summed E-state index contributed by atoms with van der Waals surface area (Å²) in [6.07, 6.45) is 9.99. The van der Waals surface area contributed by atoms with Gasteiger partial charge < -0.3 is 0 Å². The molecular formula is C19H25N. The van der Waals surface area contributed by atoms with E-state index in [0.29, 0.717) is 0 Å². The van der Waals surface area contributed by atoms with Crippen LogP contribution in [-0.2, 0) is 0 Å². The van der Waals surface area contributed by atoms with Crippen molar-refractivity contribution in [2.75, 3.05) is 6.54 Å². The minimum Gasteiger partial charge on any atom is -0.293 e. The van der Waals surface area contributed by atoms with Crippen LogP contribution in [0.3, 0.4) is 0 Å². The maximum absolute atomic E-state index is 4.58. The predicted octanol–water partition coefficient (Wildman–Crippen LogP) is 5.62. The number of fused-ring (bicyclic) bond motifs is 1. The van der Waals surface area contributed by atoms with Crippen molar-refractivity contribution < 1.29 is 0 Å². The molecule has 0 N–H and O–H groups in total. The summed E-state index contributed by atoms with van der Waals surface area (Å²) >= 11 is 0. The molecule has 0 fully saturated rings. The molecule has 0 bridgehead atoms. The molecular weight excluding hydrogens is 242 g/mol. The zero-order valence-electron chi connectivity index (χ0n) is 12.5. The van der Waals surface area contributed by atoms with Crippen LogP contribution in [0.5, 0.6) is 0 Å². The first-order valence-electron chi connectivity index (χ1n) is 7.89. The Hall–Kier alpha value is -1.63. The Labute approximate surface area is 122 Å². The molecule has 0 unspecified atom stereocenters. The molecule has 0 aromatic heterocycles. The third-order valence-corrected chi connectivity index (χ3v) is 3.69. The van der Waals surface area contributed by atoms with Crippen molar-refractivity contribution in [3.05, 3.63) is 48.0 Å². The molecule has 0 amide bonds. The third-order valence-electron chi connectivity index (χ3n) is 3.69. The highest BCUT2D eigenvalue weighted by atomic mass is 14.7. The third kappa shape index (κ3) is 4.48. The van der Waals surface area contributed by atoms with Crippen LogP contribution >= 0.6 is 0 Å². The summed E-state index contributed by atoms with van der Waals surface area (Å²) in [4.78, 5) is 4.58. The normalized spacial score (nSPS) is 11.4. The Bertz CT molecular complexity index is 537. The molecule has 1 heteroatoms. The predicted molar refractivity (Wildman–Crippen MR) is 89.8 cm³/mol. The molecule has 0 aliphatic carbocycles.